The minimum absolute atomic E-state index is 0.0721. The van der Waals surface area contributed by atoms with Crippen LogP contribution in [0.15, 0.2) is 275 Å². The molecule has 0 aliphatic heterocycles. The van der Waals surface area contributed by atoms with Gasteiger partial charge in [-0.1, -0.05) is 121 Å². The summed E-state index contributed by atoms with van der Waals surface area (Å²) in [5.74, 6) is 1.00. The molecule has 0 saturated carbocycles. The van der Waals surface area contributed by atoms with E-state index in [-0.39, 0.29) is 21.8 Å². The summed E-state index contributed by atoms with van der Waals surface area (Å²) in [5.41, 5.74) is 1.36. The first-order valence-corrected chi connectivity index (χ1v) is 22.8. The van der Waals surface area contributed by atoms with Crippen LogP contribution in [0, 0.1) is 0 Å². The van der Waals surface area contributed by atoms with Crippen molar-refractivity contribution in [2.45, 2.75) is 49.8 Å². The monoisotopic (exact) mass is 788 g/mol. The lowest BCUT2D eigenvalue weighted by Crippen LogP contribution is -2.06. The van der Waals surface area contributed by atoms with E-state index in [0.29, 0.717) is 9.79 Å². The second-order valence-corrected chi connectivity index (χ2v) is 19.4. The van der Waals surface area contributed by atoms with E-state index in [4.69, 9.17) is 0 Å². The van der Waals surface area contributed by atoms with Crippen LogP contribution in [0.5, 0.6) is 0 Å². The molecule has 0 bridgehead atoms. The molecule has 0 unspecified atom stereocenters. The highest BCUT2D eigenvalue weighted by atomic mass is 32.2. The van der Waals surface area contributed by atoms with E-state index < -0.39 is 9.84 Å². The minimum atomic E-state index is -3.51. The van der Waals surface area contributed by atoms with Gasteiger partial charge in [0.05, 0.1) is 31.6 Å². The van der Waals surface area contributed by atoms with Crippen molar-refractivity contribution in [2.24, 2.45) is 0 Å². The van der Waals surface area contributed by atoms with Crippen molar-refractivity contribution >= 4 is 43.4 Å². The Bertz CT molecular complexity index is 2370. The third-order valence-electron chi connectivity index (χ3n) is 8.65. The third kappa shape index (κ3) is 9.90. The van der Waals surface area contributed by atoms with Crippen LogP contribution in [-0.4, -0.2) is 8.42 Å². The zero-order chi connectivity index (χ0) is 37.7. The van der Waals surface area contributed by atoms with Crippen LogP contribution in [0.1, 0.15) is 5.56 Å². The number of sulfone groups is 1. The van der Waals surface area contributed by atoms with Crippen LogP contribution >= 0.6 is 11.8 Å². The lowest BCUT2D eigenvalue weighted by Gasteiger charge is -2.09. The van der Waals surface area contributed by atoms with Gasteiger partial charge in [-0.25, -0.2) is 8.42 Å². The van der Waals surface area contributed by atoms with Crippen LogP contribution < -0.4 is 0 Å². The summed E-state index contributed by atoms with van der Waals surface area (Å²) in [6.45, 7) is 0. The van der Waals surface area contributed by atoms with E-state index in [9.17, 15) is 8.42 Å². The molecule has 8 aromatic carbocycles. The Morgan fingerprint density at radius 3 is 1.00 bits per heavy atom. The number of benzene rings is 8. The summed E-state index contributed by atoms with van der Waals surface area (Å²) >= 11 is 1.89. The molecule has 8 rings (SSSR count). The van der Waals surface area contributed by atoms with Crippen molar-refractivity contribution in [3.8, 4) is 0 Å². The van der Waals surface area contributed by atoms with Gasteiger partial charge in [-0.2, -0.15) is 0 Å². The van der Waals surface area contributed by atoms with E-state index in [1.54, 1.807) is 36.4 Å². The predicted octanol–water partition coefficient (Wildman–Crippen LogP) is 12.7. The fourth-order valence-electron chi connectivity index (χ4n) is 5.95. The summed E-state index contributed by atoms with van der Waals surface area (Å²) in [6.07, 6.45) is 0. The van der Waals surface area contributed by atoms with Gasteiger partial charge in [0.1, 0.15) is 0 Å². The topological polar surface area (TPSA) is 34.1 Å². The number of hydrogen-bond donors (Lipinski definition) is 0. The van der Waals surface area contributed by atoms with Crippen molar-refractivity contribution in [1.29, 1.82) is 0 Å². The SMILES string of the molecule is O=S(=O)(c1ccccc1)c1ccc([S+](c2ccccc2)c2ccccc2)cc1.c1ccc(CSc2ccc([S+](c3ccccc3)c3ccccc3)cc2)cc1. The molecule has 0 aliphatic carbocycles. The zero-order valence-electron chi connectivity index (χ0n) is 30.1. The van der Waals surface area contributed by atoms with Gasteiger partial charge in [-0.15, -0.1) is 11.8 Å². The molecule has 2 nitrogen and oxygen atoms in total. The molecule has 0 aromatic heterocycles. The largest absolute Gasteiger partial charge is 0.219 e. The lowest BCUT2D eigenvalue weighted by molar-refractivity contribution is 0.596. The fraction of sp³-hybridized carbons (Fsp3) is 0.0204. The first kappa shape index (κ1) is 38.1. The average molecular weight is 789 g/mol. The lowest BCUT2D eigenvalue weighted by atomic mass is 10.2. The molecule has 8 aromatic rings. The highest BCUT2D eigenvalue weighted by Gasteiger charge is 2.30. The maximum Gasteiger partial charge on any atom is 0.206 e. The minimum Gasteiger partial charge on any atom is -0.219 e. The molecule has 0 heterocycles. The van der Waals surface area contributed by atoms with Gasteiger partial charge < -0.3 is 0 Å². The van der Waals surface area contributed by atoms with Gasteiger partial charge in [-0.3, -0.25) is 0 Å². The second-order valence-electron chi connectivity index (χ2n) is 12.4. The normalized spacial score (nSPS) is 11.2. The van der Waals surface area contributed by atoms with Gasteiger partial charge in [0.15, 0.2) is 29.4 Å². The highest BCUT2D eigenvalue weighted by Crippen LogP contribution is 2.34. The Hall–Kier alpha value is -5.24. The molecular weight excluding hydrogens is 749 g/mol. The summed E-state index contributed by atoms with van der Waals surface area (Å²) in [5, 5.41) is 0. The van der Waals surface area contributed by atoms with Crippen LogP contribution in [0.4, 0.5) is 0 Å². The van der Waals surface area contributed by atoms with Crippen molar-refractivity contribution in [1.82, 2.24) is 0 Å². The third-order valence-corrected chi connectivity index (χ3v) is 16.0. The van der Waals surface area contributed by atoms with Crippen molar-refractivity contribution < 1.29 is 8.42 Å². The number of rotatable bonds is 11. The average Bonchev–Trinajstić information content (AvgIpc) is 3.26. The zero-order valence-corrected chi connectivity index (χ0v) is 33.4. The summed E-state index contributed by atoms with van der Waals surface area (Å²) in [4.78, 5) is 9.50. The van der Waals surface area contributed by atoms with Crippen molar-refractivity contribution in [3.63, 3.8) is 0 Å². The molecule has 0 aliphatic rings. The molecule has 0 spiro atoms. The Morgan fingerprint density at radius 2 is 0.618 bits per heavy atom. The van der Waals surface area contributed by atoms with E-state index in [1.807, 2.05) is 66.4 Å². The van der Waals surface area contributed by atoms with Gasteiger partial charge >= 0.3 is 0 Å². The molecule has 0 radical (unpaired) electrons. The van der Waals surface area contributed by atoms with Gasteiger partial charge in [0, 0.05) is 10.6 Å². The first-order chi connectivity index (χ1) is 27.1. The number of hydrogen-bond acceptors (Lipinski definition) is 3. The molecule has 0 N–H and O–H groups in total. The summed E-state index contributed by atoms with van der Waals surface area (Å²) in [7, 11) is -3.87. The van der Waals surface area contributed by atoms with E-state index >= 15 is 0 Å². The molecule has 0 saturated heterocycles. The van der Waals surface area contributed by atoms with E-state index in [1.165, 1.54) is 34.9 Å². The number of thioether (sulfide) groups is 1. The summed E-state index contributed by atoms with van der Waals surface area (Å²) < 4.78 is 25.7. The van der Waals surface area contributed by atoms with Crippen molar-refractivity contribution in [2.75, 3.05) is 0 Å². The predicted molar refractivity (Wildman–Crippen MR) is 231 cm³/mol. The molecule has 55 heavy (non-hydrogen) atoms. The van der Waals surface area contributed by atoms with E-state index in [2.05, 4.69) is 140 Å². The van der Waals surface area contributed by atoms with Gasteiger partial charge in [0.2, 0.25) is 9.84 Å². The first-order valence-electron chi connectivity index (χ1n) is 17.9. The van der Waals surface area contributed by atoms with Gasteiger partial charge in [0.25, 0.3) is 0 Å². The Kier molecular flexibility index (Phi) is 13.1. The van der Waals surface area contributed by atoms with Crippen LogP contribution in [0.3, 0.4) is 0 Å². The Labute approximate surface area is 335 Å². The molecular formula is C49H40O2S4+2. The van der Waals surface area contributed by atoms with E-state index in [0.717, 1.165) is 10.6 Å². The smallest absolute Gasteiger partial charge is 0.206 e. The maximum absolute atomic E-state index is 12.9. The quantitative estimate of drug-likeness (QED) is 0.0967. The molecule has 0 amide bonds. The van der Waals surface area contributed by atoms with Crippen molar-refractivity contribution in [3.05, 3.63) is 236 Å². The molecule has 0 atom stereocenters. The fourth-order valence-corrected chi connectivity index (χ4v) is 12.2. The van der Waals surface area contributed by atoms with Gasteiger partial charge in [-0.05, 0) is 115 Å². The molecule has 270 valence electrons. The standard InChI is InChI=1S/C25H21S2.C24H19O2S2/c1-4-10-21(11-5-1)20-26-22-16-18-25(19-17-22)27(23-12-6-2-7-13-23)24-14-8-3-9-15-24;25-28(26,23-14-8-3-9-15-23)24-18-16-22(17-19-24)27(20-10-4-1-5-11-20)21-12-6-2-7-13-21/h1-19H,20H2;1-19H/q2*+1. The Balaban J connectivity index is 0.000000169. The Morgan fingerprint density at radius 1 is 0.327 bits per heavy atom. The van der Waals surface area contributed by atoms with Crippen LogP contribution in [0.25, 0.3) is 0 Å². The van der Waals surface area contributed by atoms with Crippen LogP contribution in [-0.2, 0) is 37.4 Å². The summed E-state index contributed by atoms with van der Waals surface area (Å²) in [6, 6.07) is 77.8. The highest BCUT2D eigenvalue weighted by molar-refractivity contribution is 7.98. The molecule has 0 fully saturated rings. The second kappa shape index (κ2) is 18.9. The molecule has 6 heteroatoms. The maximum atomic E-state index is 12.9. The van der Waals surface area contributed by atoms with Crippen LogP contribution in [0.2, 0.25) is 0 Å².